The Kier molecular flexibility index (Phi) is 7.24. The molecule has 2 amide bonds. The molecule has 29 heavy (non-hydrogen) atoms. The van der Waals surface area contributed by atoms with E-state index in [0.29, 0.717) is 45.8 Å². The molecule has 0 spiro atoms. The Bertz CT molecular complexity index is 623. The molecule has 0 radical (unpaired) electrons. The van der Waals surface area contributed by atoms with Gasteiger partial charge in [-0.15, -0.1) is 0 Å². The number of fused-ring (bicyclic) bond motifs is 1. The molecule has 0 aromatic carbocycles. The lowest BCUT2D eigenvalue weighted by molar-refractivity contribution is 0.0137. The molecule has 1 atom stereocenters. The number of amides is 2. The van der Waals surface area contributed by atoms with E-state index in [2.05, 4.69) is 15.2 Å². The maximum atomic E-state index is 12.3. The van der Waals surface area contributed by atoms with Crippen molar-refractivity contribution < 1.29 is 19.1 Å². The summed E-state index contributed by atoms with van der Waals surface area (Å²) in [7, 11) is 0. The van der Waals surface area contributed by atoms with Crippen LogP contribution in [0, 0.1) is 0 Å². The van der Waals surface area contributed by atoms with E-state index < -0.39 is 11.2 Å². The third-order valence-corrected chi connectivity index (χ3v) is 4.56. The molecule has 0 saturated carbocycles. The van der Waals surface area contributed by atoms with E-state index in [1.807, 2.05) is 48.5 Å². The minimum atomic E-state index is -0.505. The van der Waals surface area contributed by atoms with Crippen molar-refractivity contribution in [3.63, 3.8) is 0 Å². The smallest absolute Gasteiger partial charge is 0.410 e. The zero-order valence-corrected chi connectivity index (χ0v) is 18.9. The quantitative estimate of drug-likeness (QED) is 0.763. The van der Waals surface area contributed by atoms with Crippen molar-refractivity contribution >= 4 is 18.1 Å². The molecule has 0 aliphatic carbocycles. The zero-order chi connectivity index (χ0) is 21.8. The number of carbonyl (C=O) groups is 2. The monoisotopic (exact) mass is 411 g/mol. The summed E-state index contributed by atoms with van der Waals surface area (Å²) in [4.78, 5) is 34.8. The number of piperazine rings is 1. The fraction of sp³-hybridized carbons (Fsp3) is 0.850. The minimum absolute atomic E-state index is 0.159. The average molecular weight is 412 g/mol. The first-order valence-corrected chi connectivity index (χ1v) is 10.4. The van der Waals surface area contributed by atoms with Crippen LogP contribution >= 0.6 is 0 Å². The first-order valence-electron chi connectivity index (χ1n) is 10.4. The second-order valence-corrected chi connectivity index (χ2v) is 9.42. The van der Waals surface area contributed by atoms with Gasteiger partial charge in [-0.2, -0.15) is 0 Å². The molecule has 0 bridgehead atoms. The van der Waals surface area contributed by atoms with Gasteiger partial charge in [0.05, 0.1) is 12.6 Å². The maximum absolute atomic E-state index is 12.3. The van der Waals surface area contributed by atoms with Crippen LogP contribution < -0.4 is 5.32 Å². The van der Waals surface area contributed by atoms with Crippen LogP contribution in [-0.2, 0) is 9.47 Å². The van der Waals surface area contributed by atoms with E-state index in [4.69, 9.17) is 9.47 Å². The van der Waals surface area contributed by atoms with Gasteiger partial charge in [0, 0.05) is 39.3 Å². The molecule has 0 aromatic heterocycles. The van der Waals surface area contributed by atoms with Gasteiger partial charge in [0.15, 0.2) is 5.96 Å². The van der Waals surface area contributed by atoms with Gasteiger partial charge in [-0.25, -0.2) is 9.59 Å². The summed E-state index contributed by atoms with van der Waals surface area (Å²) < 4.78 is 10.9. The molecule has 166 valence electrons. The number of carbonyl (C=O) groups excluding carboxylic acids is 2. The highest BCUT2D eigenvalue weighted by Gasteiger charge is 2.36. The van der Waals surface area contributed by atoms with Crippen LogP contribution in [0.1, 0.15) is 48.5 Å². The Morgan fingerprint density at radius 1 is 1.14 bits per heavy atom. The van der Waals surface area contributed by atoms with E-state index in [-0.39, 0.29) is 18.2 Å². The normalized spacial score (nSPS) is 19.4. The van der Waals surface area contributed by atoms with Gasteiger partial charge in [0.25, 0.3) is 0 Å². The highest BCUT2D eigenvalue weighted by atomic mass is 16.6. The van der Waals surface area contributed by atoms with Crippen LogP contribution in [0.15, 0.2) is 4.99 Å². The van der Waals surface area contributed by atoms with E-state index in [1.165, 1.54) is 0 Å². The number of nitrogens with one attached hydrogen (secondary N) is 1. The molecule has 2 rings (SSSR count). The standard InChI is InChI=1S/C20H37N5O4/c1-8-23(17(26)28-19(2,3)4)10-9-21-16-22-13-15-14-24(11-12-25(15)16)18(27)29-20(5,6)7/h15H,8-14H2,1-7H3,(H,21,22). The fourth-order valence-corrected chi connectivity index (χ4v) is 3.23. The largest absolute Gasteiger partial charge is 0.444 e. The summed E-state index contributed by atoms with van der Waals surface area (Å²) in [5, 5.41) is 3.34. The second kappa shape index (κ2) is 9.09. The lowest BCUT2D eigenvalue weighted by Gasteiger charge is -2.39. The van der Waals surface area contributed by atoms with Crippen LogP contribution in [-0.4, -0.2) is 95.9 Å². The Hall–Kier alpha value is -2.19. The predicted molar refractivity (Wildman–Crippen MR) is 112 cm³/mol. The molecule has 2 heterocycles. The minimum Gasteiger partial charge on any atom is -0.444 e. The number of aliphatic imine (C=N–C) groups is 1. The second-order valence-electron chi connectivity index (χ2n) is 9.42. The molecule has 0 aromatic rings. The highest BCUT2D eigenvalue weighted by Crippen LogP contribution is 2.18. The average Bonchev–Trinajstić information content (AvgIpc) is 2.98. The van der Waals surface area contributed by atoms with Crippen molar-refractivity contribution in [1.82, 2.24) is 20.0 Å². The summed E-state index contributed by atoms with van der Waals surface area (Å²) in [5.74, 6) is 0.832. The van der Waals surface area contributed by atoms with E-state index in [1.54, 1.807) is 9.80 Å². The number of nitrogens with zero attached hydrogens (tertiary/aromatic N) is 4. The summed E-state index contributed by atoms with van der Waals surface area (Å²) in [6.45, 7) is 17.4. The molecule has 2 aliphatic rings. The highest BCUT2D eigenvalue weighted by molar-refractivity contribution is 5.82. The van der Waals surface area contributed by atoms with E-state index in [9.17, 15) is 9.59 Å². The Labute approximate surface area is 174 Å². The first-order chi connectivity index (χ1) is 13.4. The third kappa shape index (κ3) is 6.97. The number of hydrogen-bond acceptors (Lipinski definition) is 7. The first kappa shape index (κ1) is 23.1. The van der Waals surface area contributed by atoms with Gasteiger partial charge in [0.2, 0.25) is 0 Å². The summed E-state index contributed by atoms with van der Waals surface area (Å²) in [5.41, 5.74) is -0.999. The molecule has 1 saturated heterocycles. The van der Waals surface area contributed by atoms with Crippen molar-refractivity contribution in [2.75, 3.05) is 45.8 Å². The van der Waals surface area contributed by atoms with Gasteiger partial charge in [-0.3, -0.25) is 4.99 Å². The van der Waals surface area contributed by atoms with Gasteiger partial charge in [-0.05, 0) is 48.5 Å². The number of rotatable bonds is 4. The number of hydrogen-bond donors (Lipinski definition) is 1. The predicted octanol–water partition coefficient (Wildman–Crippen LogP) is 2.12. The molecule has 1 N–H and O–H groups in total. The van der Waals surface area contributed by atoms with Crippen LogP contribution in [0.25, 0.3) is 0 Å². The van der Waals surface area contributed by atoms with E-state index >= 15 is 0 Å². The van der Waals surface area contributed by atoms with Crippen molar-refractivity contribution in [1.29, 1.82) is 0 Å². The SMILES string of the molecule is CCN(CCNC1=NCC2CN(C(=O)OC(C)(C)C)CCN12)C(=O)OC(C)(C)C. The number of likely N-dealkylation sites (N-methyl/N-ethyl adjacent to an activating group) is 1. The van der Waals surface area contributed by atoms with Crippen LogP contribution in [0.5, 0.6) is 0 Å². The molecule has 2 aliphatic heterocycles. The fourth-order valence-electron chi connectivity index (χ4n) is 3.23. The molecular weight excluding hydrogens is 374 g/mol. The number of guanidine groups is 1. The van der Waals surface area contributed by atoms with E-state index in [0.717, 1.165) is 5.96 Å². The molecule has 9 nitrogen and oxygen atoms in total. The van der Waals surface area contributed by atoms with Crippen LogP contribution in [0.4, 0.5) is 9.59 Å². The molecule has 1 unspecified atom stereocenters. The zero-order valence-electron chi connectivity index (χ0n) is 18.9. The molecule has 9 heteroatoms. The van der Waals surface area contributed by atoms with Gasteiger partial charge in [-0.1, -0.05) is 0 Å². The van der Waals surface area contributed by atoms with Crippen LogP contribution in [0.3, 0.4) is 0 Å². The lowest BCUT2D eigenvalue weighted by atomic mass is 10.2. The summed E-state index contributed by atoms with van der Waals surface area (Å²) in [6.07, 6.45) is -0.575. The van der Waals surface area contributed by atoms with Crippen molar-refractivity contribution in [2.24, 2.45) is 4.99 Å². The Balaban J connectivity index is 1.79. The topological polar surface area (TPSA) is 86.7 Å². The van der Waals surface area contributed by atoms with Crippen molar-refractivity contribution in [3.8, 4) is 0 Å². The van der Waals surface area contributed by atoms with Gasteiger partial charge in [0.1, 0.15) is 11.2 Å². The maximum Gasteiger partial charge on any atom is 0.410 e. The Morgan fingerprint density at radius 2 is 1.79 bits per heavy atom. The molecule has 1 fully saturated rings. The third-order valence-electron chi connectivity index (χ3n) is 4.56. The summed E-state index contributed by atoms with van der Waals surface area (Å²) >= 11 is 0. The lowest BCUT2D eigenvalue weighted by Crippen LogP contribution is -2.58. The van der Waals surface area contributed by atoms with Crippen LogP contribution in [0.2, 0.25) is 0 Å². The van der Waals surface area contributed by atoms with Gasteiger partial charge < -0.3 is 29.5 Å². The summed E-state index contributed by atoms with van der Waals surface area (Å²) in [6, 6.07) is 0.159. The number of ether oxygens (including phenoxy) is 2. The molecular formula is C20H37N5O4. The van der Waals surface area contributed by atoms with Gasteiger partial charge >= 0.3 is 12.2 Å². The van der Waals surface area contributed by atoms with Crippen molar-refractivity contribution in [2.45, 2.75) is 65.7 Å². The Morgan fingerprint density at radius 3 is 2.38 bits per heavy atom. The van der Waals surface area contributed by atoms with Crippen molar-refractivity contribution in [3.05, 3.63) is 0 Å².